The fourth-order valence-corrected chi connectivity index (χ4v) is 1.41. The highest BCUT2D eigenvalue weighted by atomic mass is 15.4. The van der Waals surface area contributed by atoms with E-state index in [1.165, 1.54) is 12.8 Å². The van der Waals surface area contributed by atoms with Gasteiger partial charge < -0.3 is 5.73 Å². The molecule has 0 amide bonds. The lowest BCUT2D eigenvalue weighted by molar-refractivity contribution is 0.624. The van der Waals surface area contributed by atoms with E-state index < -0.39 is 0 Å². The molecule has 1 fully saturated rings. The van der Waals surface area contributed by atoms with Gasteiger partial charge in [0.1, 0.15) is 0 Å². The van der Waals surface area contributed by atoms with Gasteiger partial charge in [0, 0.05) is 24.7 Å². The molecule has 4 heteroatoms. The van der Waals surface area contributed by atoms with Crippen LogP contribution in [0.2, 0.25) is 0 Å². The van der Waals surface area contributed by atoms with Crippen LogP contribution in [0.4, 0.5) is 0 Å². The van der Waals surface area contributed by atoms with E-state index in [1.54, 1.807) is 0 Å². The predicted molar refractivity (Wildman–Crippen MR) is 45.7 cm³/mol. The highest BCUT2D eigenvalue weighted by Crippen LogP contribution is 2.45. The summed E-state index contributed by atoms with van der Waals surface area (Å²) in [4.78, 5) is 0. The van der Waals surface area contributed by atoms with Crippen molar-refractivity contribution in [1.29, 1.82) is 0 Å². The third-order valence-electron chi connectivity index (χ3n) is 2.65. The molecule has 1 aromatic rings. The first-order chi connectivity index (χ1) is 5.80. The van der Waals surface area contributed by atoms with E-state index in [9.17, 15) is 0 Å². The third kappa shape index (κ3) is 1.03. The van der Waals surface area contributed by atoms with Crippen LogP contribution < -0.4 is 5.73 Å². The van der Waals surface area contributed by atoms with Crippen LogP contribution in [-0.4, -0.2) is 21.5 Å². The van der Waals surface area contributed by atoms with E-state index in [0.29, 0.717) is 6.54 Å². The Morgan fingerprint density at radius 3 is 2.83 bits per heavy atom. The topological polar surface area (TPSA) is 56.7 Å². The maximum atomic E-state index is 5.67. The summed E-state index contributed by atoms with van der Waals surface area (Å²) < 4.78 is 1.85. The van der Waals surface area contributed by atoms with Crippen molar-refractivity contribution >= 4 is 0 Å². The monoisotopic (exact) mass is 166 g/mol. The third-order valence-corrected chi connectivity index (χ3v) is 2.65. The zero-order valence-electron chi connectivity index (χ0n) is 7.32. The van der Waals surface area contributed by atoms with E-state index in [2.05, 4.69) is 17.2 Å². The normalized spacial score (nSPS) is 19.5. The van der Waals surface area contributed by atoms with Crippen LogP contribution in [0.5, 0.6) is 0 Å². The Morgan fingerprint density at radius 1 is 1.67 bits per heavy atom. The van der Waals surface area contributed by atoms with Gasteiger partial charge in [0.25, 0.3) is 0 Å². The molecule has 1 aliphatic rings. The maximum Gasteiger partial charge on any atom is 0.0901 e. The van der Waals surface area contributed by atoms with Crippen LogP contribution in [0.15, 0.2) is 6.20 Å². The smallest absolute Gasteiger partial charge is 0.0901 e. The zero-order valence-corrected chi connectivity index (χ0v) is 7.32. The van der Waals surface area contributed by atoms with Crippen LogP contribution >= 0.6 is 0 Å². The SMILES string of the molecule is CCn1cc(C2(CN)CC2)nn1. The van der Waals surface area contributed by atoms with E-state index in [-0.39, 0.29) is 5.41 Å². The highest BCUT2D eigenvalue weighted by molar-refractivity contribution is 5.21. The first kappa shape index (κ1) is 7.73. The van der Waals surface area contributed by atoms with Gasteiger partial charge in [-0.3, -0.25) is 4.68 Å². The fourth-order valence-electron chi connectivity index (χ4n) is 1.41. The molecule has 2 N–H and O–H groups in total. The maximum absolute atomic E-state index is 5.67. The van der Waals surface area contributed by atoms with Gasteiger partial charge >= 0.3 is 0 Å². The molecule has 1 aromatic heterocycles. The Balaban J connectivity index is 2.23. The fraction of sp³-hybridized carbons (Fsp3) is 0.750. The van der Waals surface area contributed by atoms with Crippen molar-refractivity contribution in [3.05, 3.63) is 11.9 Å². The quantitative estimate of drug-likeness (QED) is 0.702. The molecule has 1 saturated carbocycles. The summed E-state index contributed by atoms with van der Waals surface area (Å²) in [5.41, 5.74) is 6.94. The molecular weight excluding hydrogens is 152 g/mol. The summed E-state index contributed by atoms with van der Waals surface area (Å²) in [6.45, 7) is 3.64. The van der Waals surface area contributed by atoms with Crippen molar-refractivity contribution in [3.63, 3.8) is 0 Å². The van der Waals surface area contributed by atoms with E-state index in [0.717, 1.165) is 12.2 Å². The molecular formula is C8H14N4. The first-order valence-corrected chi connectivity index (χ1v) is 4.41. The van der Waals surface area contributed by atoms with Crippen LogP contribution in [0.3, 0.4) is 0 Å². The van der Waals surface area contributed by atoms with Crippen molar-refractivity contribution in [2.45, 2.75) is 31.7 Å². The largest absolute Gasteiger partial charge is 0.330 e. The second-order valence-electron chi connectivity index (χ2n) is 3.44. The Kier molecular flexibility index (Phi) is 1.65. The molecule has 0 saturated heterocycles. The Hall–Kier alpha value is -0.900. The molecule has 1 aliphatic carbocycles. The van der Waals surface area contributed by atoms with E-state index >= 15 is 0 Å². The van der Waals surface area contributed by atoms with Crippen molar-refractivity contribution < 1.29 is 0 Å². The number of rotatable bonds is 3. The van der Waals surface area contributed by atoms with Crippen LogP contribution in [0.1, 0.15) is 25.5 Å². The van der Waals surface area contributed by atoms with Crippen molar-refractivity contribution in [2.75, 3.05) is 6.54 Å². The molecule has 4 nitrogen and oxygen atoms in total. The summed E-state index contributed by atoms with van der Waals surface area (Å²) in [6.07, 6.45) is 4.36. The number of nitrogens with zero attached hydrogens (tertiary/aromatic N) is 3. The highest BCUT2D eigenvalue weighted by Gasteiger charge is 2.45. The Labute approximate surface area is 71.8 Å². The molecule has 0 spiro atoms. The molecule has 1 heterocycles. The van der Waals surface area contributed by atoms with Gasteiger partial charge in [-0.2, -0.15) is 0 Å². The van der Waals surface area contributed by atoms with Crippen molar-refractivity contribution in [2.24, 2.45) is 5.73 Å². The van der Waals surface area contributed by atoms with Gasteiger partial charge in [0.05, 0.1) is 5.69 Å². The molecule has 0 aliphatic heterocycles. The molecule has 12 heavy (non-hydrogen) atoms. The van der Waals surface area contributed by atoms with Gasteiger partial charge in [-0.25, -0.2) is 0 Å². The molecule has 66 valence electrons. The summed E-state index contributed by atoms with van der Waals surface area (Å²) in [6, 6.07) is 0. The van der Waals surface area contributed by atoms with Crippen molar-refractivity contribution in [1.82, 2.24) is 15.0 Å². The molecule has 0 atom stereocenters. The average molecular weight is 166 g/mol. The van der Waals surface area contributed by atoms with Gasteiger partial charge in [0.2, 0.25) is 0 Å². The number of hydrogen-bond donors (Lipinski definition) is 1. The number of aryl methyl sites for hydroxylation is 1. The summed E-state index contributed by atoms with van der Waals surface area (Å²) >= 11 is 0. The minimum Gasteiger partial charge on any atom is -0.330 e. The summed E-state index contributed by atoms with van der Waals surface area (Å²) in [5, 5.41) is 8.13. The lowest BCUT2D eigenvalue weighted by Gasteiger charge is -2.05. The van der Waals surface area contributed by atoms with Gasteiger partial charge in [-0.1, -0.05) is 5.21 Å². The van der Waals surface area contributed by atoms with E-state index in [4.69, 9.17) is 5.73 Å². The second kappa shape index (κ2) is 2.55. The van der Waals surface area contributed by atoms with Crippen LogP contribution in [-0.2, 0) is 12.0 Å². The summed E-state index contributed by atoms with van der Waals surface area (Å²) in [7, 11) is 0. The predicted octanol–water partition coefficient (Wildman–Crippen LogP) is 0.288. The first-order valence-electron chi connectivity index (χ1n) is 4.41. The minimum atomic E-state index is 0.188. The molecule has 0 bridgehead atoms. The summed E-state index contributed by atoms with van der Waals surface area (Å²) in [5.74, 6) is 0. The Morgan fingerprint density at radius 2 is 2.42 bits per heavy atom. The van der Waals surface area contributed by atoms with Crippen LogP contribution in [0.25, 0.3) is 0 Å². The lowest BCUT2D eigenvalue weighted by atomic mass is 10.0. The lowest BCUT2D eigenvalue weighted by Crippen LogP contribution is -2.20. The standard InChI is InChI=1S/C8H14N4/c1-2-12-5-7(10-11-12)8(6-9)3-4-8/h5H,2-4,6,9H2,1H3. The number of nitrogens with two attached hydrogens (primary N) is 1. The molecule has 0 radical (unpaired) electrons. The Bertz CT molecular complexity index is 274. The molecule has 2 rings (SSSR count). The van der Waals surface area contributed by atoms with Crippen molar-refractivity contribution in [3.8, 4) is 0 Å². The molecule has 0 unspecified atom stereocenters. The minimum absolute atomic E-state index is 0.188. The molecule has 0 aromatic carbocycles. The van der Waals surface area contributed by atoms with Gasteiger partial charge in [0.15, 0.2) is 0 Å². The van der Waals surface area contributed by atoms with E-state index in [1.807, 2.05) is 10.9 Å². The van der Waals surface area contributed by atoms with Gasteiger partial charge in [-0.05, 0) is 19.8 Å². The zero-order chi connectivity index (χ0) is 8.60. The van der Waals surface area contributed by atoms with Gasteiger partial charge in [-0.15, -0.1) is 5.10 Å². The number of aromatic nitrogens is 3. The number of hydrogen-bond acceptors (Lipinski definition) is 3. The van der Waals surface area contributed by atoms with Crippen LogP contribution in [0, 0.1) is 0 Å². The average Bonchev–Trinajstić information content (AvgIpc) is 2.77. The second-order valence-corrected chi connectivity index (χ2v) is 3.44.